The van der Waals surface area contributed by atoms with Gasteiger partial charge in [-0.3, -0.25) is 19.5 Å². The summed E-state index contributed by atoms with van der Waals surface area (Å²) in [4.78, 5) is 25.5. The maximum atomic E-state index is 14.2. The lowest BCUT2D eigenvalue weighted by molar-refractivity contribution is -0.122. The number of ether oxygens (including phenoxy) is 2. The molecule has 1 aromatic heterocycles. The number of anilines is 1. The smallest absolute Gasteiger partial charge is 0.241 e. The molecule has 3 aliphatic rings. The number of morpholine rings is 1. The fraction of sp³-hybridized carbons (Fsp3) is 0.600. The van der Waals surface area contributed by atoms with Crippen molar-refractivity contribution < 1.29 is 18.7 Å². The van der Waals surface area contributed by atoms with Crippen LogP contribution in [-0.2, 0) is 16.0 Å². The average Bonchev–Trinajstić information content (AvgIpc) is 2.91. The molecule has 3 aliphatic heterocycles. The maximum absolute atomic E-state index is 14.2. The molecule has 1 N–H and O–H groups in total. The molecule has 0 unspecified atom stereocenters. The lowest BCUT2D eigenvalue weighted by Gasteiger charge is -2.45. The Labute approximate surface area is 231 Å². The molecule has 8 nitrogen and oxygen atoms in total. The summed E-state index contributed by atoms with van der Waals surface area (Å²) in [6, 6.07) is 9.38. The zero-order chi connectivity index (χ0) is 27.5. The first-order valence-electron chi connectivity index (χ1n) is 14.3. The van der Waals surface area contributed by atoms with Crippen LogP contribution in [-0.4, -0.2) is 97.4 Å². The van der Waals surface area contributed by atoms with Gasteiger partial charge in [-0.15, -0.1) is 0 Å². The molecular formula is C30H42FN5O3. The number of piperazine rings is 1. The maximum Gasteiger partial charge on any atom is 0.241 e. The number of pyridine rings is 1. The van der Waals surface area contributed by atoms with Crippen LogP contribution in [0.1, 0.15) is 38.8 Å². The van der Waals surface area contributed by atoms with Crippen molar-refractivity contribution in [3.05, 3.63) is 53.5 Å². The molecule has 1 amide bonds. The van der Waals surface area contributed by atoms with E-state index in [4.69, 9.17) is 9.47 Å². The highest BCUT2D eigenvalue weighted by Crippen LogP contribution is 2.35. The van der Waals surface area contributed by atoms with Gasteiger partial charge >= 0.3 is 0 Å². The summed E-state index contributed by atoms with van der Waals surface area (Å²) in [5.41, 5.74) is 2.68. The number of fused-ring (bicyclic) bond motifs is 1. The number of nitrogens with zero attached hydrogens (tertiary/aromatic N) is 4. The van der Waals surface area contributed by atoms with Gasteiger partial charge in [-0.1, -0.05) is 26.0 Å². The Morgan fingerprint density at radius 1 is 1.15 bits per heavy atom. The zero-order valence-electron chi connectivity index (χ0n) is 23.6. The van der Waals surface area contributed by atoms with E-state index in [0.717, 1.165) is 56.2 Å². The van der Waals surface area contributed by atoms with E-state index in [-0.39, 0.29) is 29.7 Å². The number of nitrogens with one attached hydrogen (secondary N) is 1. The van der Waals surface area contributed by atoms with Crippen LogP contribution < -0.4 is 15.0 Å². The van der Waals surface area contributed by atoms with Crippen molar-refractivity contribution in [1.29, 1.82) is 0 Å². The largest absolute Gasteiger partial charge is 0.474 e. The molecule has 2 saturated heterocycles. The van der Waals surface area contributed by atoms with E-state index in [1.54, 1.807) is 18.3 Å². The third kappa shape index (κ3) is 6.60. The summed E-state index contributed by atoms with van der Waals surface area (Å²) in [6.45, 7) is 14.4. The van der Waals surface area contributed by atoms with E-state index in [1.165, 1.54) is 12.1 Å². The topological polar surface area (TPSA) is 70.2 Å². The number of benzene rings is 1. The lowest BCUT2D eigenvalue weighted by atomic mass is 9.99. The summed E-state index contributed by atoms with van der Waals surface area (Å²) in [5.74, 6) is 0.536. The number of aromatic nitrogens is 1. The highest BCUT2D eigenvalue weighted by Gasteiger charge is 2.38. The second kappa shape index (κ2) is 12.3. The molecule has 2 fully saturated rings. The van der Waals surface area contributed by atoms with E-state index in [0.29, 0.717) is 37.5 Å². The van der Waals surface area contributed by atoms with Crippen molar-refractivity contribution in [3.63, 3.8) is 0 Å². The highest BCUT2D eigenvalue weighted by molar-refractivity contribution is 5.97. The van der Waals surface area contributed by atoms with E-state index < -0.39 is 0 Å². The third-order valence-corrected chi connectivity index (χ3v) is 8.25. The van der Waals surface area contributed by atoms with Gasteiger partial charge in [-0.25, -0.2) is 9.37 Å². The molecule has 0 saturated carbocycles. The Morgan fingerprint density at radius 3 is 2.69 bits per heavy atom. The van der Waals surface area contributed by atoms with Gasteiger partial charge < -0.3 is 14.8 Å². The molecule has 39 heavy (non-hydrogen) atoms. The average molecular weight is 540 g/mol. The Kier molecular flexibility index (Phi) is 8.81. The van der Waals surface area contributed by atoms with Crippen molar-refractivity contribution in [2.75, 3.05) is 57.4 Å². The molecule has 4 atom stereocenters. The van der Waals surface area contributed by atoms with Crippen LogP contribution in [0.3, 0.4) is 0 Å². The monoisotopic (exact) mass is 539 g/mol. The lowest BCUT2D eigenvalue weighted by Crippen LogP contribution is -2.63. The second-order valence-electron chi connectivity index (χ2n) is 11.7. The minimum absolute atomic E-state index is 0.0770. The van der Waals surface area contributed by atoms with Crippen LogP contribution >= 0.6 is 0 Å². The fourth-order valence-electron chi connectivity index (χ4n) is 5.89. The molecule has 0 radical (unpaired) electrons. The Balaban J connectivity index is 1.37. The van der Waals surface area contributed by atoms with Crippen LogP contribution in [0.5, 0.6) is 5.88 Å². The molecule has 0 aliphatic carbocycles. The van der Waals surface area contributed by atoms with Crippen molar-refractivity contribution >= 4 is 11.6 Å². The SMILES string of the molecule is CC(C)[C@H]1COc2ncc(Cc3ccc(F)cc3)cc2N1C(=O)CN1C[C@@H](C)NC[C@@H]1CN1CCOC[C@H]1C. The molecule has 2 aromatic rings. The minimum atomic E-state index is -0.254. The van der Waals surface area contributed by atoms with Crippen LogP contribution in [0.15, 0.2) is 36.5 Å². The predicted molar refractivity (Wildman–Crippen MR) is 150 cm³/mol. The Hall–Kier alpha value is -2.59. The molecule has 9 heteroatoms. The number of rotatable bonds is 7. The summed E-state index contributed by atoms with van der Waals surface area (Å²) in [6.07, 6.45) is 2.39. The first-order chi connectivity index (χ1) is 18.8. The first-order valence-corrected chi connectivity index (χ1v) is 14.3. The predicted octanol–water partition coefficient (Wildman–Crippen LogP) is 2.94. The second-order valence-corrected chi connectivity index (χ2v) is 11.7. The number of amides is 1. The summed E-state index contributed by atoms with van der Waals surface area (Å²) in [7, 11) is 0. The summed E-state index contributed by atoms with van der Waals surface area (Å²) < 4.78 is 25.1. The van der Waals surface area contributed by atoms with Crippen LogP contribution in [0.25, 0.3) is 0 Å². The number of halogens is 1. The van der Waals surface area contributed by atoms with Gasteiger partial charge in [0, 0.05) is 50.5 Å². The van der Waals surface area contributed by atoms with Gasteiger partial charge in [0.05, 0.1) is 25.8 Å². The van der Waals surface area contributed by atoms with E-state index in [2.05, 4.69) is 47.8 Å². The summed E-state index contributed by atoms with van der Waals surface area (Å²) in [5, 5.41) is 3.62. The van der Waals surface area contributed by atoms with Gasteiger partial charge in [0.1, 0.15) is 18.1 Å². The Bertz CT molecular complexity index is 1130. The van der Waals surface area contributed by atoms with Crippen molar-refractivity contribution in [2.45, 2.75) is 58.3 Å². The van der Waals surface area contributed by atoms with Gasteiger partial charge in [-0.05, 0) is 55.5 Å². The van der Waals surface area contributed by atoms with Crippen LogP contribution in [0.2, 0.25) is 0 Å². The number of carbonyl (C=O) groups is 1. The molecule has 5 rings (SSSR count). The quantitative estimate of drug-likeness (QED) is 0.580. The van der Waals surface area contributed by atoms with Gasteiger partial charge in [0.25, 0.3) is 0 Å². The Morgan fingerprint density at radius 2 is 1.95 bits per heavy atom. The van der Waals surface area contributed by atoms with Gasteiger partial charge in [0.15, 0.2) is 0 Å². The first kappa shape index (κ1) is 28.0. The molecule has 0 bridgehead atoms. The molecule has 0 spiro atoms. The van der Waals surface area contributed by atoms with Crippen molar-refractivity contribution in [1.82, 2.24) is 20.1 Å². The van der Waals surface area contributed by atoms with Crippen LogP contribution in [0, 0.1) is 11.7 Å². The van der Waals surface area contributed by atoms with E-state index in [9.17, 15) is 9.18 Å². The van der Waals surface area contributed by atoms with Crippen molar-refractivity contribution in [3.8, 4) is 5.88 Å². The van der Waals surface area contributed by atoms with Gasteiger partial charge in [-0.2, -0.15) is 0 Å². The molecule has 212 valence electrons. The number of carbonyl (C=O) groups excluding carboxylic acids is 1. The molecule has 1 aromatic carbocycles. The number of hydrogen-bond acceptors (Lipinski definition) is 7. The minimum Gasteiger partial charge on any atom is -0.474 e. The van der Waals surface area contributed by atoms with E-state index >= 15 is 0 Å². The zero-order valence-corrected chi connectivity index (χ0v) is 23.6. The third-order valence-electron chi connectivity index (χ3n) is 8.25. The van der Waals surface area contributed by atoms with Gasteiger partial charge in [0.2, 0.25) is 11.8 Å². The fourth-order valence-corrected chi connectivity index (χ4v) is 5.89. The normalized spacial score (nSPS) is 26.4. The van der Waals surface area contributed by atoms with Crippen LogP contribution in [0.4, 0.5) is 10.1 Å². The molecule has 4 heterocycles. The summed E-state index contributed by atoms with van der Waals surface area (Å²) >= 11 is 0. The van der Waals surface area contributed by atoms with Crippen molar-refractivity contribution in [2.24, 2.45) is 5.92 Å². The molecular weight excluding hydrogens is 497 g/mol. The van der Waals surface area contributed by atoms with E-state index in [1.807, 2.05) is 11.0 Å². The highest BCUT2D eigenvalue weighted by atomic mass is 19.1. The number of hydrogen-bond donors (Lipinski definition) is 1. The standard InChI is InChI=1S/C30H42FN5O3/c1-20(2)28-19-39-30-27(12-24(13-33-30)11-23-5-7-25(31)8-6-23)36(28)29(37)17-35-15-21(3)32-14-26(35)16-34-9-10-38-18-22(34)4/h5-8,12-13,20-22,26,28,32H,9-11,14-19H2,1-4H3/t21-,22-,26-,28-/m1/s1.